The van der Waals surface area contributed by atoms with E-state index in [1.807, 2.05) is 24.3 Å². The number of para-hydroxylation sites is 2. The molecule has 0 unspecified atom stereocenters. The maximum atomic E-state index is 13.1. The summed E-state index contributed by atoms with van der Waals surface area (Å²) in [6.45, 7) is 0.451. The molecule has 6 nitrogen and oxygen atoms in total. The van der Waals surface area contributed by atoms with Gasteiger partial charge in [0.1, 0.15) is 17.3 Å². The van der Waals surface area contributed by atoms with Gasteiger partial charge in [-0.2, -0.15) is 0 Å². The maximum Gasteiger partial charge on any atom is 0.295 e. The third-order valence-electron chi connectivity index (χ3n) is 3.27. The van der Waals surface area contributed by atoms with Gasteiger partial charge >= 0.3 is 0 Å². The van der Waals surface area contributed by atoms with Crippen LogP contribution in [0.4, 0.5) is 15.8 Å². The third-order valence-corrected chi connectivity index (χ3v) is 3.27. The fraction of sp³-hybridized carbons (Fsp3) is 0.133. The number of H-pyrrole nitrogens is 1. The molecule has 0 fully saturated rings. The second kappa shape index (κ2) is 5.80. The third kappa shape index (κ3) is 2.88. The number of hydrogen-bond acceptors (Lipinski definition) is 4. The first-order chi connectivity index (χ1) is 10.6. The Balaban J connectivity index is 1.69. The van der Waals surface area contributed by atoms with Crippen LogP contribution in [0.5, 0.6) is 0 Å². The lowest BCUT2D eigenvalue weighted by Crippen LogP contribution is -2.08. The molecule has 0 saturated carbocycles. The number of rotatable bonds is 5. The number of nitrogens with zero attached hydrogens (tertiary/aromatic N) is 2. The van der Waals surface area contributed by atoms with Crippen LogP contribution < -0.4 is 5.32 Å². The highest BCUT2D eigenvalue weighted by molar-refractivity contribution is 5.74. The molecule has 1 aromatic heterocycles. The van der Waals surface area contributed by atoms with Gasteiger partial charge in [0, 0.05) is 13.0 Å². The van der Waals surface area contributed by atoms with Crippen molar-refractivity contribution in [3.05, 3.63) is 64.2 Å². The van der Waals surface area contributed by atoms with Crippen molar-refractivity contribution < 1.29 is 9.31 Å². The Morgan fingerprint density at radius 2 is 2.09 bits per heavy atom. The van der Waals surface area contributed by atoms with E-state index in [0.717, 1.165) is 22.9 Å². The van der Waals surface area contributed by atoms with Gasteiger partial charge < -0.3 is 10.3 Å². The van der Waals surface area contributed by atoms with E-state index in [1.165, 1.54) is 12.1 Å². The quantitative estimate of drug-likeness (QED) is 0.559. The molecule has 2 N–H and O–H groups in total. The summed E-state index contributed by atoms with van der Waals surface area (Å²) in [6.07, 6.45) is 0.573. The minimum absolute atomic E-state index is 0.274. The Morgan fingerprint density at radius 1 is 1.27 bits per heavy atom. The van der Waals surface area contributed by atoms with Crippen molar-refractivity contribution in [3.63, 3.8) is 0 Å². The van der Waals surface area contributed by atoms with E-state index in [0.29, 0.717) is 18.7 Å². The number of anilines is 1. The first kappa shape index (κ1) is 14.0. The van der Waals surface area contributed by atoms with Gasteiger partial charge in [0.25, 0.3) is 5.69 Å². The van der Waals surface area contributed by atoms with E-state index in [-0.39, 0.29) is 5.69 Å². The molecular weight excluding hydrogens is 287 g/mol. The van der Waals surface area contributed by atoms with Gasteiger partial charge in [0.15, 0.2) is 0 Å². The normalized spacial score (nSPS) is 10.8. The van der Waals surface area contributed by atoms with Gasteiger partial charge in [0.2, 0.25) is 0 Å². The number of aromatic amines is 1. The van der Waals surface area contributed by atoms with Crippen molar-refractivity contribution in [2.45, 2.75) is 6.42 Å². The predicted molar refractivity (Wildman–Crippen MR) is 81.3 cm³/mol. The summed E-state index contributed by atoms with van der Waals surface area (Å²) in [5.74, 6) is 0.160. The maximum absolute atomic E-state index is 13.1. The Hall–Kier alpha value is -2.96. The summed E-state index contributed by atoms with van der Waals surface area (Å²) in [5, 5.41) is 13.9. The van der Waals surface area contributed by atoms with Crippen LogP contribution in [-0.2, 0) is 6.42 Å². The number of nitro groups is 1. The molecule has 0 amide bonds. The minimum Gasteiger partial charge on any atom is -0.379 e. The molecule has 3 aromatic rings. The molecule has 112 valence electrons. The van der Waals surface area contributed by atoms with Crippen molar-refractivity contribution in [1.29, 1.82) is 0 Å². The molecule has 0 saturated heterocycles. The average Bonchev–Trinajstić information content (AvgIpc) is 2.91. The van der Waals surface area contributed by atoms with E-state index in [2.05, 4.69) is 15.3 Å². The Morgan fingerprint density at radius 3 is 2.86 bits per heavy atom. The number of fused-ring (bicyclic) bond motifs is 1. The molecule has 0 atom stereocenters. The van der Waals surface area contributed by atoms with E-state index < -0.39 is 10.7 Å². The second-order valence-corrected chi connectivity index (χ2v) is 4.80. The number of nitrogens with one attached hydrogen (secondary N) is 2. The van der Waals surface area contributed by atoms with Crippen LogP contribution >= 0.6 is 0 Å². The summed E-state index contributed by atoms with van der Waals surface area (Å²) in [7, 11) is 0. The van der Waals surface area contributed by atoms with Crippen molar-refractivity contribution >= 4 is 22.4 Å². The molecule has 1 heterocycles. The molecule has 0 aliphatic rings. The van der Waals surface area contributed by atoms with Gasteiger partial charge in [-0.25, -0.2) is 9.37 Å². The summed E-state index contributed by atoms with van der Waals surface area (Å²) in [4.78, 5) is 17.9. The summed E-state index contributed by atoms with van der Waals surface area (Å²) in [5.41, 5.74) is 1.85. The molecule has 0 spiro atoms. The lowest BCUT2D eigenvalue weighted by molar-refractivity contribution is -0.384. The van der Waals surface area contributed by atoms with Crippen LogP contribution in [0.3, 0.4) is 0 Å². The van der Waals surface area contributed by atoms with Crippen LogP contribution in [0.1, 0.15) is 5.82 Å². The minimum atomic E-state index is -0.630. The SMILES string of the molecule is O=[N+]([O-])c1cc(F)ccc1NCCc1nc2ccccc2[nH]1. The fourth-order valence-electron chi connectivity index (χ4n) is 2.24. The molecule has 0 aliphatic carbocycles. The van der Waals surface area contributed by atoms with Crippen molar-refractivity contribution in [2.24, 2.45) is 0 Å². The average molecular weight is 300 g/mol. The number of imidazole rings is 1. The first-order valence-corrected chi connectivity index (χ1v) is 6.75. The summed E-state index contributed by atoms with van der Waals surface area (Å²) >= 11 is 0. The van der Waals surface area contributed by atoms with Crippen LogP contribution in [-0.4, -0.2) is 21.4 Å². The standard InChI is InChI=1S/C15H13FN4O2/c16-10-5-6-13(14(9-10)20(21)22)17-8-7-15-18-11-3-1-2-4-12(11)19-15/h1-6,9,17H,7-8H2,(H,18,19). The van der Waals surface area contributed by atoms with Gasteiger partial charge in [-0.05, 0) is 24.3 Å². The highest BCUT2D eigenvalue weighted by atomic mass is 19.1. The first-order valence-electron chi connectivity index (χ1n) is 6.75. The molecule has 2 aromatic carbocycles. The van der Waals surface area contributed by atoms with Crippen molar-refractivity contribution in [3.8, 4) is 0 Å². The van der Waals surface area contributed by atoms with E-state index in [4.69, 9.17) is 0 Å². The zero-order chi connectivity index (χ0) is 15.5. The molecule has 3 rings (SSSR count). The van der Waals surface area contributed by atoms with Crippen molar-refractivity contribution in [1.82, 2.24) is 9.97 Å². The van der Waals surface area contributed by atoms with Gasteiger partial charge in [0.05, 0.1) is 22.0 Å². The highest BCUT2D eigenvalue weighted by Crippen LogP contribution is 2.24. The predicted octanol–water partition coefficient (Wildman–Crippen LogP) is 3.26. The summed E-state index contributed by atoms with van der Waals surface area (Å²) in [6, 6.07) is 11.1. The number of hydrogen-bond donors (Lipinski definition) is 2. The van der Waals surface area contributed by atoms with Crippen LogP contribution in [0.2, 0.25) is 0 Å². The monoisotopic (exact) mass is 300 g/mol. The summed E-state index contributed by atoms with van der Waals surface area (Å²) < 4.78 is 13.1. The Kier molecular flexibility index (Phi) is 3.69. The molecule has 7 heteroatoms. The Labute approximate surface area is 125 Å². The van der Waals surface area contributed by atoms with Gasteiger partial charge in [-0.15, -0.1) is 0 Å². The number of benzene rings is 2. The number of halogens is 1. The number of nitro benzene ring substituents is 1. The molecule has 0 bridgehead atoms. The van der Waals surface area contributed by atoms with Crippen molar-refractivity contribution in [2.75, 3.05) is 11.9 Å². The Bertz CT molecular complexity index is 798. The zero-order valence-electron chi connectivity index (χ0n) is 11.5. The molecule has 0 radical (unpaired) electrons. The molecule has 22 heavy (non-hydrogen) atoms. The van der Waals surface area contributed by atoms with Gasteiger partial charge in [-0.1, -0.05) is 12.1 Å². The fourth-order valence-corrected chi connectivity index (χ4v) is 2.24. The zero-order valence-corrected chi connectivity index (χ0v) is 11.5. The molecular formula is C15H13FN4O2. The van der Waals surface area contributed by atoms with Crippen LogP contribution in [0.25, 0.3) is 11.0 Å². The highest BCUT2D eigenvalue weighted by Gasteiger charge is 2.14. The lowest BCUT2D eigenvalue weighted by atomic mass is 10.2. The second-order valence-electron chi connectivity index (χ2n) is 4.80. The number of aromatic nitrogens is 2. The smallest absolute Gasteiger partial charge is 0.295 e. The van der Waals surface area contributed by atoms with Crippen LogP contribution in [0, 0.1) is 15.9 Å². The largest absolute Gasteiger partial charge is 0.379 e. The topological polar surface area (TPSA) is 83.8 Å². The lowest BCUT2D eigenvalue weighted by Gasteiger charge is -2.06. The molecule has 0 aliphatic heterocycles. The van der Waals surface area contributed by atoms with E-state index >= 15 is 0 Å². The van der Waals surface area contributed by atoms with E-state index in [1.54, 1.807) is 0 Å². The van der Waals surface area contributed by atoms with Crippen LogP contribution in [0.15, 0.2) is 42.5 Å². The van der Waals surface area contributed by atoms with E-state index in [9.17, 15) is 14.5 Å². The van der Waals surface area contributed by atoms with Gasteiger partial charge in [-0.3, -0.25) is 10.1 Å².